The van der Waals surface area contributed by atoms with Crippen molar-refractivity contribution < 1.29 is 19.8 Å². The Balaban J connectivity index is 2.79. The van der Waals surface area contributed by atoms with Crippen LogP contribution in [-0.4, -0.2) is 28.5 Å². The number of primary amides is 1. The third-order valence-electron chi connectivity index (χ3n) is 1.93. The van der Waals surface area contributed by atoms with Crippen molar-refractivity contribution in [1.82, 2.24) is 0 Å². The molecule has 4 N–H and O–H groups in total. The number of amides is 1. The van der Waals surface area contributed by atoms with E-state index in [0.29, 0.717) is 16.7 Å². The number of hydrogen-bond acceptors (Lipinski definition) is 5. The van der Waals surface area contributed by atoms with Crippen molar-refractivity contribution in [2.24, 2.45) is 5.73 Å². The Labute approximate surface area is 90.1 Å². The molecule has 1 aromatic heterocycles. The summed E-state index contributed by atoms with van der Waals surface area (Å²) in [5.41, 5.74) is 5.20. The standard InChI is InChI=1S/C9H11NO4S/c10-8(13)3-6(12)9(14)5-1-2-15-7(5)4-11/h1-2,4,6,9,12,14H,3H2,(H2,10,13). The molecule has 1 heterocycles. The van der Waals surface area contributed by atoms with Crippen molar-refractivity contribution >= 4 is 23.5 Å². The number of carbonyl (C=O) groups excluding carboxylic acids is 2. The molecule has 0 saturated heterocycles. The topological polar surface area (TPSA) is 101 Å². The van der Waals surface area contributed by atoms with Crippen molar-refractivity contribution in [1.29, 1.82) is 0 Å². The number of aldehydes is 1. The van der Waals surface area contributed by atoms with Crippen LogP contribution in [0.5, 0.6) is 0 Å². The summed E-state index contributed by atoms with van der Waals surface area (Å²) >= 11 is 1.16. The fourth-order valence-electron chi connectivity index (χ4n) is 1.20. The lowest BCUT2D eigenvalue weighted by atomic mass is 10.0. The number of nitrogens with two attached hydrogens (primary N) is 1. The van der Waals surface area contributed by atoms with Crippen LogP contribution in [0.2, 0.25) is 0 Å². The molecular weight excluding hydrogens is 218 g/mol. The van der Waals surface area contributed by atoms with Gasteiger partial charge in [-0.2, -0.15) is 0 Å². The van der Waals surface area contributed by atoms with Crippen molar-refractivity contribution in [3.8, 4) is 0 Å². The number of aliphatic hydroxyl groups is 2. The SMILES string of the molecule is NC(=O)CC(O)C(O)c1ccsc1C=O. The maximum Gasteiger partial charge on any atom is 0.220 e. The van der Waals surface area contributed by atoms with Crippen LogP contribution in [0.15, 0.2) is 11.4 Å². The first-order valence-electron chi connectivity index (χ1n) is 4.23. The minimum absolute atomic E-state index is 0.323. The monoisotopic (exact) mass is 229 g/mol. The van der Waals surface area contributed by atoms with Crippen molar-refractivity contribution in [2.45, 2.75) is 18.6 Å². The average molecular weight is 229 g/mol. The first-order chi connectivity index (χ1) is 7.06. The Bertz CT molecular complexity index is 363. The van der Waals surface area contributed by atoms with E-state index >= 15 is 0 Å². The van der Waals surface area contributed by atoms with Gasteiger partial charge in [0.2, 0.25) is 5.91 Å². The van der Waals surface area contributed by atoms with Gasteiger partial charge in [-0.1, -0.05) is 0 Å². The lowest BCUT2D eigenvalue weighted by molar-refractivity contribution is -0.121. The van der Waals surface area contributed by atoms with Crippen LogP contribution in [0.25, 0.3) is 0 Å². The summed E-state index contributed by atoms with van der Waals surface area (Å²) in [5.74, 6) is -0.704. The second kappa shape index (κ2) is 5.01. The highest BCUT2D eigenvalue weighted by Gasteiger charge is 2.23. The maximum atomic E-state index is 10.6. The van der Waals surface area contributed by atoms with Crippen LogP contribution in [0, 0.1) is 0 Å². The van der Waals surface area contributed by atoms with Crippen LogP contribution >= 0.6 is 11.3 Å². The fourth-order valence-corrected chi connectivity index (χ4v) is 1.94. The molecule has 0 saturated carbocycles. The van der Waals surface area contributed by atoms with Crippen molar-refractivity contribution in [3.63, 3.8) is 0 Å². The molecule has 15 heavy (non-hydrogen) atoms. The summed E-state index contributed by atoms with van der Waals surface area (Å²) in [6.45, 7) is 0. The molecule has 6 heteroatoms. The fraction of sp³-hybridized carbons (Fsp3) is 0.333. The third kappa shape index (κ3) is 2.85. The Kier molecular flexibility index (Phi) is 3.96. The zero-order chi connectivity index (χ0) is 11.4. The van der Waals surface area contributed by atoms with E-state index in [1.54, 1.807) is 5.38 Å². The summed E-state index contributed by atoms with van der Waals surface area (Å²) in [4.78, 5) is 21.4. The lowest BCUT2D eigenvalue weighted by Gasteiger charge is -2.15. The molecule has 1 aromatic rings. The second-order valence-electron chi connectivity index (χ2n) is 3.04. The molecule has 0 aliphatic carbocycles. The zero-order valence-corrected chi connectivity index (χ0v) is 8.61. The van der Waals surface area contributed by atoms with E-state index in [1.807, 2.05) is 0 Å². The Morgan fingerprint density at radius 1 is 1.60 bits per heavy atom. The van der Waals surface area contributed by atoms with Crippen LogP contribution in [0.1, 0.15) is 27.8 Å². The average Bonchev–Trinajstić information content (AvgIpc) is 2.62. The van der Waals surface area contributed by atoms with E-state index in [1.165, 1.54) is 6.07 Å². The highest BCUT2D eigenvalue weighted by molar-refractivity contribution is 7.11. The number of carbonyl (C=O) groups is 2. The van der Waals surface area contributed by atoms with Gasteiger partial charge in [-0.05, 0) is 11.4 Å². The number of rotatable bonds is 5. The largest absolute Gasteiger partial charge is 0.390 e. The van der Waals surface area contributed by atoms with Gasteiger partial charge in [0.1, 0.15) is 6.10 Å². The van der Waals surface area contributed by atoms with E-state index in [-0.39, 0.29) is 6.42 Å². The quantitative estimate of drug-likeness (QED) is 0.610. The summed E-state index contributed by atoms with van der Waals surface area (Å²) in [5, 5.41) is 20.7. The molecule has 2 atom stereocenters. The van der Waals surface area contributed by atoms with Crippen LogP contribution in [0.3, 0.4) is 0 Å². The summed E-state index contributed by atoms with van der Waals surface area (Å²) in [6, 6.07) is 1.53. The molecule has 0 aliphatic heterocycles. The van der Waals surface area contributed by atoms with Crippen LogP contribution in [-0.2, 0) is 4.79 Å². The molecule has 0 aromatic carbocycles. The summed E-state index contributed by atoms with van der Waals surface area (Å²) < 4.78 is 0. The van der Waals surface area contributed by atoms with E-state index in [0.717, 1.165) is 11.3 Å². The van der Waals surface area contributed by atoms with Gasteiger partial charge in [0.15, 0.2) is 6.29 Å². The first-order valence-corrected chi connectivity index (χ1v) is 5.11. The normalized spacial score (nSPS) is 14.5. The lowest BCUT2D eigenvalue weighted by Crippen LogP contribution is -2.25. The maximum absolute atomic E-state index is 10.6. The van der Waals surface area contributed by atoms with Crippen LogP contribution in [0.4, 0.5) is 0 Å². The zero-order valence-electron chi connectivity index (χ0n) is 7.79. The van der Waals surface area contributed by atoms with Gasteiger partial charge >= 0.3 is 0 Å². The first kappa shape index (κ1) is 11.8. The molecule has 0 radical (unpaired) electrons. The molecular formula is C9H11NO4S. The van der Waals surface area contributed by atoms with E-state index < -0.39 is 18.1 Å². The smallest absolute Gasteiger partial charge is 0.220 e. The van der Waals surface area contributed by atoms with Crippen LogP contribution < -0.4 is 5.73 Å². The van der Waals surface area contributed by atoms with Gasteiger partial charge < -0.3 is 15.9 Å². The van der Waals surface area contributed by atoms with Gasteiger partial charge in [0, 0.05) is 5.56 Å². The second-order valence-corrected chi connectivity index (χ2v) is 3.99. The highest BCUT2D eigenvalue weighted by atomic mass is 32.1. The molecule has 2 unspecified atom stereocenters. The molecule has 0 spiro atoms. The minimum atomic E-state index is -1.28. The van der Waals surface area contributed by atoms with Gasteiger partial charge in [0.25, 0.3) is 0 Å². The molecule has 0 aliphatic rings. The molecule has 0 bridgehead atoms. The molecule has 1 amide bonds. The molecule has 1 rings (SSSR count). The Morgan fingerprint density at radius 3 is 2.80 bits per heavy atom. The number of thiophene rings is 1. The molecule has 0 fully saturated rings. The van der Waals surface area contributed by atoms with Crippen molar-refractivity contribution in [2.75, 3.05) is 0 Å². The van der Waals surface area contributed by atoms with Gasteiger partial charge in [-0.3, -0.25) is 9.59 Å². The predicted molar refractivity (Wildman–Crippen MR) is 54.5 cm³/mol. The Morgan fingerprint density at radius 2 is 2.27 bits per heavy atom. The number of hydrogen-bond donors (Lipinski definition) is 3. The predicted octanol–water partition coefficient (Wildman–Crippen LogP) is -0.170. The van der Waals surface area contributed by atoms with E-state index in [4.69, 9.17) is 5.73 Å². The van der Waals surface area contributed by atoms with E-state index in [9.17, 15) is 19.8 Å². The highest BCUT2D eigenvalue weighted by Crippen LogP contribution is 2.25. The van der Waals surface area contributed by atoms with E-state index in [2.05, 4.69) is 0 Å². The Hall–Kier alpha value is -1.24. The summed E-state index contributed by atoms with van der Waals surface area (Å²) in [7, 11) is 0. The minimum Gasteiger partial charge on any atom is -0.390 e. The van der Waals surface area contributed by atoms with Crippen molar-refractivity contribution in [3.05, 3.63) is 21.9 Å². The van der Waals surface area contributed by atoms with Gasteiger partial charge in [-0.15, -0.1) is 11.3 Å². The van der Waals surface area contributed by atoms with Gasteiger partial charge in [-0.25, -0.2) is 0 Å². The molecule has 82 valence electrons. The van der Waals surface area contributed by atoms with Gasteiger partial charge in [0.05, 0.1) is 17.4 Å². The third-order valence-corrected chi connectivity index (χ3v) is 2.79. The summed E-state index contributed by atoms with van der Waals surface area (Å²) in [6.07, 6.45) is -2.28. The molecule has 5 nitrogen and oxygen atoms in total. The number of aliphatic hydroxyl groups excluding tert-OH is 2.